The van der Waals surface area contributed by atoms with Crippen LogP contribution in [0.2, 0.25) is 0 Å². The second-order valence-electron chi connectivity index (χ2n) is 0.499. The highest BCUT2D eigenvalue weighted by atomic mass is 16.2. The van der Waals surface area contributed by atoms with Gasteiger partial charge in [-0.3, -0.25) is 0 Å². The van der Waals surface area contributed by atoms with Gasteiger partial charge < -0.3 is 10.2 Å². The molecule has 0 atom stereocenters. The van der Waals surface area contributed by atoms with Crippen molar-refractivity contribution < 1.29 is 10.2 Å². The van der Waals surface area contributed by atoms with E-state index < -0.39 is 0 Å². The zero-order valence-corrected chi connectivity index (χ0v) is 3.89. The summed E-state index contributed by atoms with van der Waals surface area (Å²) in [5.74, 6) is 0. The topological polar surface area (TPSA) is 40.5 Å². The first kappa shape index (κ1) is 25.9. The van der Waals surface area contributed by atoms with E-state index in [1.54, 1.807) is 6.92 Å². The van der Waals surface area contributed by atoms with E-state index in [9.17, 15) is 0 Å². The third-order valence-electron chi connectivity index (χ3n) is 0. The minimum Gasteiger partial charge on any atom is -0.516 e. The Hall–Kier alpha value is -0.500. The molecule has 0 saturated heterocycles. The lowest BCUT2D eigenvalue weighted by atomic mass is 10.9. The Labute approximate surface area is 52.5 Å². The van der Waals surface area contributed by atoms with E-state index in [4.69, 9.17) is 10.2 Å². The molecule has 54 valence electrons. The SMILES string of the molecule is C.C.C=CO.CCO. The van der Waals surface area contributed by atoms with Crippen LogP contribution in [0.5, 0.6) is 0 Å². The Morgan fingerprint density at radius 3 is 1.50 bits per heavy atom. The fourth-order valence-corrected chi connectivity index (χ4v) is 0. The smallest absolute Gasteiger partial charge is 0.0719 e. The molecule has 2 N–H and O–H groups in total. The molecular weight excluding hydrogens is 104 g/mol. The highest BCUT2D eigenvalue weighted by Crippen LogP contribution is 1.30. The number of aliphatic hydroxyl groups excluding tert-OH is 2. The van der Waals surface area contributed by atoms with Crippen molar-refractivity contribution in [2.24, 2.45) is 0 Å². The Kier molecular flexibility index (Phi) is 283. The monoisotopic (exact) mass is 122 g/mol. The summed E-state index contributed by atoms with van der Waals surface area (Å²) in [5.41, 5.74) is 0. The van der Waals surface area contributed by atoms with Gasteiger partial charge in [0, 0.05) is 6.61 Å². The van der Waals surface area contributed by atoms with Crippen LogP contribution in [-0.2, 0) is 0 Å². The second kappa shape index (κ2) is 87.4. The maximum atomic E-state index is 7.57. The first-order valence-electron chi connectivity index (χ1n) is 1.69. The lowest BCUT2D eigenvalue weighted by Gasteiger charge is -1.52. The molecule has 0 aliphatic heterocycles. The van der Waals surface area contributed by atoms with Crippen LogP contribution in [-0.4, -0.2) is 16.8 Å². The van der Waals surface area contributed by atoms with Gasteiger partial charge in [0.25, 0.3) is 0 Å². The maximum absolute atomic E-state index is 7.57. The van der Waals surface area contributed by atoms with Crippen molar-refractivity contribution in [1.82, 2.24) is 0 Å². The van der Waals surface area contributed by atoms with Crippen LogP contribution >= 0.6 is 0 Å². The van der Waals surface area contributed by atoms with Gasteiger partial charge in [-0.1, -0.05) is 21.4 Å². The van der Waals surface area contributed by atoms with Gasteiger partial charge in [0.05, 0.1) is 6.26 Å². The summed E-state index contributed by atoms with van der Waals surface area (Å²) in [6, 6.07) is 0. The maximum Gasteiger partial charge on any atom is 0.0719 e. The van der Waals surface area contributed by atoms with Crippen LogP contribution in [0.25, 0.3) is 0 Å². The molecule has 0 radical (unpaired) electrons. The third kappa shape index (κ3) is 446. The average Bonchev–Trinajstić information content (AvgIpc) is 1.39. The number of hydrogen-bond donors (Lipinski definition) is 2. The van der Waals surface area contributed by atoms with Crippen LogP contribution in [0.1, 0.15) is 21.8 Å². The molecule has 2 heteroatoms. The van der Waals surface area contributed by atoms with Gasteiger partial charge in [-0.05, 0) is 6.92 Å². The van der Waals surface area contributed by atoms with E-state index in [-0.39, 0.29) is 21.5 Å². The summed E-state index contributed by atoms with van der Waals surface area (Å²) in [5, 5.41) is 14.9. The molecule has 0 rings (SSSR count). The van der Waals surface area contributed by atoms with E-state index in [1.165, 1.54) is 0 Å². The number of rotatable bonds is 0. The molecule has 0 fully saturated rings. The summed E-state index contributed by atoms with van der Waals surface area (Å²) in [6.07, 6.45) is 0.750. The van der Waals surface area contributed by atoms with Crippen molar-refractivity contribution in [3.63, 3.8) is 0 Å². The van der Waals surface area contributed by atoms with E-state index in [0.29, 0.717) is 0 Å². The number of hydrogen-bond acceptors (Lipinski definition) is 2. The summed E-state index contributed by atoms with van der Waals surface area (Å²) < 4.78 is 0. The quantitative estimate of drug-likeness (QED) is 0.482. The van der Waals surface area contributed by atoms with Gasteiger partial charge in [-0.15, -0.1) is 0 Å². The molecule has 0 bridgehead atoms. The van der Waals surface area contributed by atoms with Gasteiger partial charge in [0.15, 0.2) is 0 Å². The van der Waals surface area contributed by atoms with Gasteiger partial charge in [-0.2, -0.15) is 0 Å². The van der Waals surface area contributed by atoms with Crippen molar-refractivity contribution in [3.8, 4) is 0 Å². The van der Waals surface area contributed by atoms with Gasteiger partial charge >= 0.3 is 0 Å². The zero-order valence-electron chi connectivity index (χ0n) is 3.89. The van der Waals surface area contributed by atoms with Gasteiger partial charge in [-0.25, -0.2) is 0 Å². The molecule has 8 heavy (non-hydrogen) atoms. The van der Waals surface area contributed by atoms with Gasteiger partial charge in [0.2, 0.25) is 0 Å². The lowest BCUT2D eigenvalue weighted by Crippen LogP contribution is -1.57. The number of aliphatic hydroxyl groups is 2. The minimum atomic E-state index is 0. The summed E-state index contributed by atoms with van der Waals surface area (Å²) >= 11 is 0. The van der Waals surface area contributed by atoms with E-state index >= 15 is 0 Å². The Balaban J connectivity index is -0.0000000160. The molecule has 0 aliphatic rings. The lowest BCUT2D eigenvalue weighted by molar-refractivity contribution is 0.318. The Morgan fingerprint density at radius 1 is 1.50 bits per heavy atom. The molecule has 0 heterocycles. The summed E-state index contributed by atoms with van der Waals surface area (Å²) in [6.45, 7) is 4.85. The molecule has 0 amide bonds. The zero-order chi connectivity index (χ0) is 5.41. The molecular formula is C6H18O2. The van der Waals surface area contributed by atoms with E-state index in [0.717, 1.165) is 6.26 Å². The van der Waals surface area contributed by atoms with E-state index in [2.05, 4.69) is 6.58 Å². The Morgan fingerprint density at radius 2 is 1.50 bits per heavy atom. The average molecular weight is 122 g/mol. The minimum absolute atomic E-state index is 0. The molecule has 0 unspecified atom stereocenters. The highest BCUT2D eigenvalue weighted by Gasteiger charge is 1.34. The van der Waals surface area contributed by atoms with Crippen LogP contribution in [0.15, 0.2) is 12.8 Å². The first-order valence-corrected chi connectivity index (χ1v) is 1.69. The van der Waals surface area contributed by atoms with Gasteiger partial charge in [0.1, 0.15) is 0 Å². The first-order chi connectivity index (χ1) is 2.83. The van der Waals surface area contributed by atoms with Crippen molar-refractivity contribution in [2.45, 2.75) is 21.8 Å². The predicted molar refractivity (Wildman–Crippen MR) is 39.0 cm³/mol. The predicted octanol–water partition coefficient (Wildman–Crippen LogP) is 1.96. The fraction of sp³-hybridized carbons (Fsp3) is 0.667. The van der Waals surface area contributed by atoms with Crippen molar-refractivity contribution >= 4 is 0 Å². The van der Waals surface area contributed by atoms with Crippen molar-refractivity contribution in [1.29, 1.82) is 0 Å². The van der Waals surface area contributed by atoms with Crippen LogP contribution < -0.4 is 0 Å². The molecule has 0 aromatic carbocycles. The molecule has 0 spiro atoms. The van der Waals surface area contributed by atoms with Crippen molar-refractivity contribution in [3.05, 3.63) is 12.8 Å². The second-order valence-corrected chi connectivity index (χ2v) is 0.499. The normalized spacial score (nSPS) is 3.75. The molecule has 0 aromatic rings. The van der Waals surface area contributed by atoms with Crippen molar-refractivity contribution in [2.75, 3.05) is 6.61 Å². The third-order valence-corrected chi connectivity index (χ3v) is 0. The molecule has 0 aromatic heterocycles. The largest absolute Gasteiger partial charge is 0.516 e. The Bertz CT molecular complexity index is 20.5. The summed E-state index contributed by atoms with van der Waals surface area (Å²) in [7, 11) is 0. The van der Waals surface area contributed by atoms with Crippen LogP contribution in [0.3, 0.4) is 0 Å². The highest BCUT2D eigenvalue weighted by molar-refractivity contribution is 4.38. The molecule has 2 nitrogen and oxygen atoms in total. The van der Waals surface area contributed by atoms with Crippen LogP contribution in [0.4, 0.5) is 0 Å². The van der Waals surface area contributed by atoms with Crippen LogP contribution in [0, 0.1) is 0 Å². The summed E-state index contributed by atoms with van der Waals surface area (Å²) in [4.78, 5) is 0. The van der Waals surface area contributed by atoms with E-state index in [1.807, 2.05) is 0 Å². The molecule has 0 aliphatic carbocycles. The fourth-order valence-electron chi connectivity index (χ4n) is 0. The standard InChI is InChI=1S/C2H6O.C2H4O.2CH4/c2*1-2-3;;/h3H,2H2,1H3;2-3H,1H2;2*1H4. The molecule has 0 saturated carbocycles.